The summed E-state index contributed by atoms with van der Waals surface area (Å²) in [6.07, 6.45) is 1.42. The van der Waals surface area contributed by atoms with Crippen LogP contribution in [0.5, 0.6) is 0 Å². The Morgan fingerprint density at radius 1 is 1.30 bits per heavy atom. The lowest BCUT2D eigenvalue weighted by molar-refractivity contribution is 0.0686. The summed E-state index contributed by atoms with van der Waals surface area (Å²) < 4.78 is 1.28. The van der Waals surface area contributed by atoms with E-state index in [1.54, 1.807) is 7.05 Å². The van der Waals surface area contributed by atoms with E-state index >= 15 is 0 Å². The maximum atomic E-state index is 11.1. The van der Waals surface area contributed by atoms with Gasteiger partial charge in [-0.1, -0.05) is 17.7 Å². The van der Waals surface area contributed by atoms with Crippen molar-refractivity contribution in [2.45, 2.75) is 6.92 Å². The Hall–Kier alpha value is -2.41. The quantitative estimate of drug-likeness (QED) is 0.752. The molecule has 2 aromatic rings. The Morgan fingerprint density at radius 2 is 1.95 bits per heavy atom. The number of thiocarbonyl (C=S) groups is 1. The second-order valence-electron chi connectivity index (χ2n) is 4.28. The topological polar surface area (TPSA) is 79.2 Å². The van der Waals surface area contributed by atoms with Gasteiger partial charge >= 0.3 is 5.97 Å². The first-order chi connectivity index (χ1) is 9.47. The number of aromatic nitrogens is 2. The molecule has 20 heavy (non-hydrogen) atoms. The van der Waals surface area contributed by atoms with Crippen LogP contribution in [0.15, 0.2) is 30.5 Å². The Kier molecular flexibility index (Phi) is 3.99. The van der Waals surface area contributed by atoms with Gasteiger partial charge in [0.2, 0.25) is 0 Å². The van der Waals surface area contributed by atoms with Gasteiger partial charge in [0.05, 0.1) is 11.9 Å². The van der Waals surface area contributed by atoms with Crippen molar-refractivity contribution in [2.75, 3.05) is 10.6 Å². The standard InChI is InChI=1S/C13H14N4O2S/c1-8-3-5-9(6-4-8)15-13(20)16-10-7-14-17(2)11(10)12(18)19/h3-7H,1-2H3,(H,18,19)(H2,15,16,20). The molecule has 0 saturated heterocycles. The summed E-state index contributed by atoms with van der Waals surface area (Å²) in [5.41, 5.74) is 2.38. The zero-order valence-corrected chi connectivity index (χ0v) is 11.9. The maximum Gasteiger partial charge on any atom is 0.356 e. The molecule has 104 valence electrons. The van der Waals surface area contributed by atoms with Crippen molar-refractivity contribution in [3.63, 3.8) is 0 Å². The van der Waals surface area contributed by atoms with Gasteiger partial charge in [0, 0.05) is 12.7 Å². The van der Waals surface area contributed by atoms with Crippen molar-refractivity contribution < 1.29 is 9.90 Å². The van der Waals surface area contributed by atoms with Crippen molar-refractivity contribution in [1.29, 1.82) is 0 Å². The molecule has 3 N–H and O–H groups in total. The molecule has 1 aromatic heterocycles. The van der Waals surface area contributed by atoms with Crippen LogP contribution in [0.4, 0.5) is 11.4 Å². The molecular formula is C13H14N4O2S. The van der Waals surface area contributed by atoms with Crippen LogP contribution in [-0.4, -0.2) is 26.0 Å². The highest BCUT2D eigenvalue weighted by Crippen LogP contribution is 2.15. The van der Waals surface area contributed by atoms with Gasteiger partial charge in [0.1, 0.15) is 0 Å². The molecule has 0 spiro atoms. The number of aryl methyl sites for hydroxylation is 2. The van der Waals surface area contributed by atoms with E-state index in [-0.39, 0.29) is 5.69 Å². The van der Waals surface area contributed by atoms with Gasteiger partial charge in [-0.3, -0.25) is 4.68 Å². The fraction of sp³-hybridized carbons (Fsp3) is 0.154. The van der Waals surface area contributed by atoms with Crippen LogP contribution < -0.4 is 10.6 Å². The molecule has 6 nitrogen and oxygen atoms in total. The molecule has 0 aliphatic rings. The highest BCUT2D eigenvalue weighted by molar-refractivity contribution is 7.80. The van der Waals surface area contributed by atoms with Gasteiger partial charge < -0.3 is 15.7 Å². The second-order valence-corrected chi connectivity index (χ2v) is 4.69. The molecule has 2 rings (SSSR count). The van der Waals surface area contributed by atoms with E-state index in [2.05, 4.69) is 15.7 Å². The normalized spacial score (nSPS) is 10.1. The van der Waals surface area contributed by atoms with E-state index in [1.807, 2.05) is 31.2 Å². The van der Waals surface area contributed by atoms with Gasteiger partial charge in [0.25, 0.3) is 0 Å². The predicted molar refractivity (Wildman–Crippen MR) is 81.2 cm³/mol. The van der Waals surface area contributed by atoms with Crippen LogP contribution in [0, 0.1) is 6.92 Å². The summed E-state index contributed by atoms with van der Waals surface area (Å²) >= 11 is 5.15. The van der Waals surface area contributed by atoms with E-state index in [0.717, 1.165) is 11.3 Å². The Morgan fingerprint density at radius 3 is 2.55 bits per heavy atom. The summed E-state index contributed by atoms with van der Waals surface area (Å²) in [7, 11) is 1.56. The highest BCUT2D eigenvalue weighted by atomic mass is 32.1. The number of carboxylic acid groups (broad SMARTS) is 1. The lowest BCUT2D eigenvalue weighted by Gasteiger charge is -2.10. The van der Waals surface area contributed by atoms with Crippen LogP contribution in [0.3, 0.4) is 0 Å². The van der Waals surface area contributed by atoms with Gasteiger partial charge in [0.15, 0.2) is 10.8 Å². The van der Waals surface area contributed by atoms with E-state index in [4.69, 9.17) is 17.3 Å². The van der Waals surface area contributed by atoms with Crippen molar-refractivity contribution in [3.05, 3.63) is 41.7 Å². The minimum Gasteiger partial charge on any atom is -0.476 e. The molecule has 1 heterocycles. The smallest absolute Gasteiger partial charge is 0.356 e. The third-order valence-corrected chi connectivity index (χ3v) is 2.90. The van der Waals surface area contributed by atoms with Crippen molar-refractivity contribution in [2.24, 2.45) is 7.05 Å². The molecule has 0 aliphatic heterocycles. The number of nitrogens with zero attached hydrogens (tertiary/aromatic N) is 2. The zero-order valence-electron chi connectivity index (χ0n) is 11.0. The zero-order chi connectivity index (χ0) is 14.7. The van der Waals surface area contributed by atoms with E-state index < -0.39 is 5.97 Å². The van der Waals surface area contributed by atoms with E-state index in [1.165, 1.54) is 10.9 Å². The molecule has 0 fully saturated rings. The van der Waals surface area contributed by atoms with Crippen LogP contribution in [0.25, 0.3) is 0 Å². The van der Waals surface area contributed by atoms with Crippen LogP contribution in [-0.2, 0) is 7.05 Å². The minimum atomic E-state index is -1.06. The van der Waals surface area contributed by atoms with Crippen molar-refractivity contribution >= 4 is 34.7 Å². The summed E-state index contributed by atoms with van der Waals surface area (Å²) in [5, 5.41) is 19.1. The fourth-order valence-corrected chi connectivity index (χ4v) is 1.93. The molecule has 0 saturated carbocycles. The second kappa shape index (κ2) is 5.70. The summed E-state index contributed by atoms with van der Waals surface area (Å²) in [5.74, 6) is -1.06. The molecule has 0 amide bonds. The lowest BCUT2D eigenvalue weighted by atomic mass is 10.2. The number of anilines is 2. The predicted octanol–water partition coefficient (Wildman–Crippen LogP) is 2.24. The number of hydrogen-bond acceptors (Lipinski definition) is 3. The van der Waals surface area contributed by atoms with Crippen LogP contribution in [0.2, 0.25) is 0 Å². The average Bonchev–Trinajstić information content (AvgIpc) is 2.73. The molecule has 7 heteroatoms. The monoisotopic (exact) mass is 290 g/mol. The molecule has 0 atom stereocenters. The summed E-state index contributed by atoms with van der Waals surface area (Å²) in [6, 6.07) is 7.70. The van der Waals surface area contributed by atoms with Gasteiger partial charge in [-0.05, 0) is 31.3 Å². The van der Waals surface area contributed by atoms with E-state index in [9.17, 15) is 4.79 Å². The lowest BCUT2D eigenvalue weighted by Crippen LogP contribution is -2.20. The minimum absolute atomic E-state index is 0.0538. The first kappa shape index (κ1) is 14.0. The first-order valence-corrected chi connectivity index (χ1v) is 6.28. The van der Waals surface area contributed by atoms with Gasteiger partial charge in [-0.15, -0.1) is 0 Å². The molecule has 0 radical (unpaired) electrons. The molecule has 0 unspecified atom stereocenters. The van der Waals surface area contributed by atoms with E-state index in [0.29, 0.717) is 10.8 Å². The maximum absolute atomic E-state index is 11.1. The number of nitrogens with one attached hydrogen (secondary N) is 2. The van der Waals surface area contributed by atoms with Crippen LogP contribution >= 0.6 is 12.2 Å². The molecule has 1 aromatic carbocycles. The third-order valence-electron chi connectivity index (χ3n) is 2.70. The largest absolute Gasteiger partial charge is 0.476 e. The Balaban J connectivity index is 2.09. The summed E-state index contributed by atoms with van der Waals surface area (Å²) in [4.78, 5) is 11.1. The summed E-state index contributed by atoms with van der Waals surface area (Å²) in [6.45, 7) is 2.00. The van der Waals surface area contributed by atoms with Crippen molar-refractivity contribution in [1.82, 2.24) is 9.78 Å². The fourth-order valence-electron chi connectivity index (χ4n) is 1.70. The SMILES string of the molecule is Cc1ccc(NC(=S)Nc2cnn(C)c2C(=O)O)cc1. The highest BCUT2D eigenvalue weighted by Gasteiger charge is 2.16. The van der Waals surface area contributed by atoms with Gasteiger partial charge in [-0.2, -0.15) is 5.10 Å². The molecule has 0 aliphatic carbocycles. The van der Waals surface area contributed by atoms with Gasteiger partial charge in [-0.25, -0.2) is 4.79 Å². The number of rotatable bonds is 3. The average molecular weight is 290 g/mol. The molecule has 0 bridgehead atoms. The number of aromatic carboxylic acids is 1. The van der Waals surface area contributed by atoms with Crippen LogP contribution in [0.1, 0.15) is 16.1 Å². The number of carboxylic acids is 1. The first-order valence-electron chi connectivity index (χ1n) is 5.87. The Bertz CT molecular complexity index is 649. The number of hydrogen-bond donors (Lipinski definition) is 3. The van der Waals surface area contributed by atoms with Crippen molar-refractivity contribution in [3.8, 4) is 0 Å². The molecular weight excluding hydrogens is 276 g/mol. The Labute approximate surface area is 121 Å². The number of carbonyl (C=O) groups is 1. The third kappa shape index (κ3) is 3.12. The number of benzene rings is 1.